The first-order valence-corrected chi connectivity index (χ1v) is 7.41. The van der Waals surface area contributed by atoms with E-state index in [2.05, 4.69) is 44.1 Å². The highest BCUT2D eigenvalue weighted by atomic mass is 16.7. The first-order valence-electron chi connectivity index (χ1n) is 7.41. The monoisotopic (exact) mass is 274 g/mol. The van der Waals surface area contributed by atoms with Crippen LogP contribution >= 0.6 is 0 Å². The zero-order valence-corrected chi connectivity index (χ0v) is 12.8. The van der Waals surface area contributed by atoms with Crippen LogP contribution < -0.4 is 10.8 Å². The van der Waals surface area contributed by atoms with E-state index in [1.807, 2.05) is 12.3 Å². The second-order valence-corrected chi connectivity index (χ2v) is 6.79. The molecule has 0 radical (unpaired) electrons. The number of nitrogens with zero attached hydrogens (tertiary/aromatic N) is 1. The van der Waals surface area contributed by atoms with Gasteiger partial charge in [-0.05, 0) is 58.3 Å². The third kappa shape index (κ3) is 2.38. The van der Waals surface area contributed by atoms with Crippen LogP contribution in [0.25, 0.3) is 0 Å². The lowest BCUT2D eigenvalue weighted by Crippen LogP contribution is -2.41. The van der Waals surface area contributed by atoms with Gasteiger partial charge in [-0.25, -0.2) is 0 Å². The molecule has 5 heteroatoms. The molecule has 0 aromatic carbocycles. The molecule has 2 saturated heterocycles. The molecule has 2 aliphatic heterocycles. The zero-order valence-electron chi connectivity index (χ0n) is 12.8. The van der Waals surface area contributed by atoms with Crippen LogP contribution in [0, 0.1) is 0 Å². The molecular formula is C15H23BN2O2. The fourth-order valence-electron chi connectivity index (χ4n) is 2.72. The molecule has 0 saturated carbocycles. The standard InChI is InChI=1S/C15H23BN2O2/c1-14(2)15(3,4)20-16(19-14)12-6-8-18-13(9-12)11-5-7-17-10-11/h6,8-9,11,17H,5,7,10H2,1-4H3/t11-/m0/s1. The van der Waals surface area contributed by atoms with Crippen LogP contribution in [0.4, 0.5) is 0 Å². The van der Waals surface area contributed by atoms with Gasteiger partial charge >= 0.3 is 7.12 Å². The van der Waals surface area contributed by atoms with Crippen LogP contribution in [0.15, 0.2) is 18.3 Å². The Bertz CT molecular complexity index is 482. The molecular weight excluding hydrogens is 251 g/mol. The molecule has 0 amide bonds. The van der Waals surface area contributed by atoms with Crippen LogP contribution in [0.2, 0.25) is 0 Å². The van der Waals surface area contributed by atoms with E-state index in [-0.39, 0.29) is 18.3 Å². The van der Waals surface area contributed by atoms with Gasteiger partial charge in [0.1, 0.15) is 0 Å². The van der Waals surface area contributed by atoms with Crippen molar-refractivity contribution in [2.45, 2.75) is 51.2 Å². The van der Waals surface area contributed by atoms with Gasteiger partial charge < -0.3 is 14.6 Å². The number of pyridine rings is 1. The van der Waals surface area contributed by atoms with Gasteiger partial charge in [-0.3, -0.25) is 4.98 Å². The Morgan fingerprint density at radius 3 is 2.55 bits per heavy atom. The maximum atomic E-state index is 6.10. The summed E-state index contributed by atoms with van der Waals surface area (Å²) in [6.45, 7) is 10.4. The maximum absolute atomic E-state index is 6.10. The second-order valence-electron chi connectivity index (χ2n) is 6.79. The molecule has 2 aliphatic rings. The maximum Gasteiger partial charge on any atom is 0.494 e. The van der Waals surface area contributed by atoms with Crippen molar-refractivity contribution in [2.75, 3.05) is 13.1 Å². The highest BCUT2D eigenvalue weighted by Gasteiger charge is 2.51. The predicted octanol–water partition coefficient (Wildman–Crippen LogP) is 1.46. The largest absolute Gasteiger partial charge is 0.494 e. The molecule has 3 heterocycles. The molecule has 108 valence electrons. The number of rotatable bonds is 2. The second kappa shape index (κ2) is 4.83. The van der Waals surface area contributed by atoms with Crippen LogP contribution in [0.3, 0.4) is 0 Å². The average molecular weight is 274 g/mol. The van der Waals surface area contributed by atoms with Crippen LogP contribution in [0.1, 0.15) is 45.7 Å². The van der Waals surface area contributed by atoms with Crippen molar-refractivity contribution in [3.63, 3.8) is 0 Å². The van der Waals surface area contributed by atoms with Crippen molar-refractivity contribution in [3.8, 4) is 0 Å². The number of hydrogen-bond donors (Lipinski definition) is 1. The summed E-state index contributed by atoms with van der Waals surface area (Å²) in [5.41, 5.74) is 1.62. The molecule has 4 nitrogen and oxygen atoms in total. The molecule has 1 atom stereocenters. The van der Waals surface area contributed by atoms with Gasteiger partial charge in [0, 0.05) is 24.4 Å². The summed E-state index contributed by atoms with van der Waals surface area (Å²) in [4.78, 5) is 4.51. The Hall–Kier alpha value is -0.905. The summed E-state index contributed by atoms with van der Waals surface area (Å²) in [5.74, 6) is 0.511. The fraction of sp³-hybridized carbons (Fsp3) is 0.667. The van der Waals surface area contributed by atoms with Crippen LogP contribution in [-0.2, 0) is 9.31 Å². The van der Waals surface area contributed by atoms with Gasteiger partial charge in [0.25, 0.3) is 0 Å². The fourth-order valence-corrected chi connectivity index (χ4v) is 2.72. The van der Waals surface area contributed by atoms with Crippen LogP contribution in [0.5, 0.6) is 0 Å². The Morgan fingerprint density at radius 2 is 1.95 bits per heavy atom. The van der Waals surface area contributed by atoms with Crippen LogP contribution in [-0.4, -0.2) is 36.4 Å². The topological polar surface area (TPSA) is 43.4 Å². The van der Waals surface area contributed by atoms with Crippen molar-refractivity contribution in [1.29, 1.82) is 0 Å². The summed E-state index contributed by atoms with van der Waals surface area (Å²) in [5, 5.41) is 3.38. The summed E-state index contributed by atoms with van der Waals surface area (Å²) in [7, 11) is -0.295. The quantitative estimate of drug-likeness (QED) is 0.829. The predicted molar refractivity (Wildman–Crippen MR) is 80.2 cm³/mol. The van der Waals surface area contributed by atoms with Gasteiger partial charge in [0.2, 0.25) is 0 Å². The van der Waals surface area contributed by atoms with E-state index in [0.29, 0.717) is 5.92 Å². The van der Waals surface area contributed by atoms with Gasteiger partial charge in [-0.1, -0.05) is 0 Å². The third-order valence-electron chi connectivity index (χ3n) is 4.81. The molecule has 3 rings (SSSR count). The van der Waals surface area contributed by atoms with E-state index in [1.54, 1.807) is 0 Å². The van der Waals surface area contributed by atoms with E-state index in [0.717, 1.165) is 30.7 Å². The molecule has 20 heavy (non-hydrogen) atoms. The lowest BCUT2D eigenvalue weighted by Gasteiger charge is -2.32. The van der Waals surface area contributed by atoms with Crippen molar-refractivity contribution < 1.29 is 9.31 Å². The number of nitrogens with one attached hydrogen (secondary N) is 1. The molecule has 2 fully saturated rings. The minimum atomic E-state index is -0.296. The smallest absolute Gasteiger partial charge is 0.399 e. The lowest BCUT2D eigenvalue weighted by molar-refractivity contribution is 0.00578. The lowest BCUT2D eigenvalue weighted by atomic mass is 9.78. The highest BCUT2D eigenvalue weighted by molar-refractivity contribution is 6.62. The summed E-state index contributed by atoms with van der Waals surface area (Å²) < 4.78 is 12.2. The summed E-state index contributed by atoms with van der Waals surface area (Å²) in [6, 6.07) is 4.13. The summed E-state index contributed by atoms with van der Waals surface area (Å²) in [6.07, 6.45) is 3.02. The van der Waals surface area contributed by atoms with Crippen molar-refractivity contribution in [2.24, 2.45) is 0 Å². The molecule has 1 aromatic heterocycles. The first-order chi connectivity index (χ1) is 9.39. The Balaban J connectivity index is 1.83. The van der Waals surface area contributed by atoms with E-state index in [1.165, 1.54) is 0 Å². The minimum absolute atomic E-state index is 0.295. The molecule has 1 N–H and O–H groups in total. The molecule has 1 aromatic rings. The van der Waals surface area contributed by atoms with Crippen molar-refractivity contribution in [3.05, 3.63) is 24.0 Å². The first kappa shape index (κ1) is 14.0. The Labute approximate surface area is 121 Å². The van der Waals surface area contributed by atoms with Crippen molar-refractivity contribution in [1.82, 2.24) is 10.3 Å². The Kier molecular flexibility index (Phi) is 3.39. The van der Waals surface area contributed by atoms with Gasteiger partial charge in [0.05, 0.1) is 11.2 Å². The van der Waals surface area contributed by atoms with E-state index < -0.39 is 0 Å². The average Bonchev–Trinajstić information content (AvgIpc) is 2.97. The normalized spacial score (nSPS) is 28.0. The molecule has 0 bridgehead atoms. The number of hydrogen-bond acceptors (Lipinski definition) is 4. The van der Waals surface area contributed by atoms with E-state index in [9.17, 15) is 0 Å². The molecule has 0 aliphatic carbocycles. The number of aromatic nitrogens is 1. The van der Waals surface area contributed by atoms with Crippen molar-refractivity contribution >= 4 is 12.6 Å². The van der Waals surface area contributed by atoms with Gasteiger partial charge in [0.15, 0.2) is 0 Å². The minimum Gasteiger partial charge on any atom is -0.399 e. The zero-order chi connectivity index (χ0) is 14.4. The van der Waals surface area contributed by atoms with E-state index >= 15 is 0 Å². The van der Waals surface area contributed by atoms with Gasteiger partial charge in [-0.2, -0.15) is 0 Å². The third-order valence-corrected chi connectivity index (χ3v) is 4.81. The van der Waals surface area contributed by atoms with E-state index in [4.69, 9.17) is 9.31 Å². The molecule has 0 spiro atoms. The SMILES string of the molecule is CC1(C)OB(c2ccnc([C@H]3CCNC3)c2)OC1(C)C. The van der Waals surface area contributed by atoms with Gasteiger partial charge in [-0.15, -0.1) is 0 Å². The highest BCUT2D eigenvalue weighted by Crippen LogP contribution is 2.36. The Morgan fingerprint density at radius 1 is 1.25 bits per heavy atom. The molecule has 0 unspecified atom stereocenters. The summed E-state index contributed by atoms with van der Waals surface area (Å²) >= 11 is 0.